The number of benzene rings is 1. The number of hydrogen-bond donors (Lipinski definition) is 2. The highest BCUT2D eigenvalue weighted by molar-refractivity contribution is 7.89. The number of rotatable bonds is 7. The van der Waals surface area contributed by atoms with Crippen LogP contribution in [-0.4, -0.2) is 25.9 Å². The van der Waals surface area contributed by atoms with E-state index in [1.165, 1.54) is 48.4 Å². The highest BCUT2D eigenvalue weighted by atomic mass is 32.2. The molecule has 0 spiro atoms. The Kier molecular flexibility index (Phi) is 4.98. The second-order valence-corrected chi connectivity index (χ2v) is 8.59. The van der Waals surface area contributed by atoms with Gasteiger partial charge < -0.3 is 5.32 Å². The zero-order valence-corrected chi connectivity index (χ0v) is 14.9. The molecule has 24 heavy (non-hydrogen) atoms. The number of hydrogen-bond acceptors (Lipinski definition) is 5. The van der Waals surface area contributed by atoms with Crippen molar-refractivity contribution in [2.75, 3.05) is 6.54 Å². The van der Waals surface area contributed by atoms with Crippen LogP contribution in [0.5, 0.6) is 0 Å². The van der Waals surface area contributed by atoms with E-state index in [0.717, 1.165) is 5.69 Å². The minimum Gasteiger partial charge on any atom is -0.352 e. The Bertz CT molecular complexity index is 825. The fraction of sp³-hybridized carbons (Fsp3) is 0.375. The lowest BCUT2D eigenvalue weighted by Crippen LogP contribution is -2.26. The topological polar surface area (TPSA) is 88.2 Å². The van der Waals surface area contributed by atoms with Gasteiger partial charge in [-0.3, -0.25) is 4.79 Å². The molecule has 0 aliphatic heterocycles. The first kappa shape index (κ1) is 17.1. The third-order valence-corrected chi connectivity index (χ3v) is 6.14. The van der Waals surface area contributed by atoms with Gasteiger partial charge in [0.1, 0.15) is 5.01 Å². The molecule has 1 amide bonds. The Labute approximate surface area is 145 Å². The smallest absolute Gasteiger partial charge is 0.251 e. The number of thiazole rings is 1. The van der Waals surface area contributed by atoms with Gasteiger partial charge in [-0.1, -0.05) is 0 Å². The van der Waals surface area contributed by atoms with Gasteiger partial charge in [0.05, 0.1) is 11.4 Å². The maximum atomic E-state index is 12.3. The van der Waals surface area contributed by atoms with Gasteiger partial charge in [0.25, 0.3) is 5.91 Å². The van der Waals surface area contributed by atoms with E-state index in [1.54, 1.807) is 0 Å². The molecule has 1 heterocycles. The lowest BCUT2D eigenvalue weighted by atomic mass is 10.2. The van der Waals surface area contributed by atoms with Crippen molar-refractivity contribution < 1.29 is 13.2 Å². The van der Waals surface area contributed by atoms with Crippen molar-refractivity contribution >= 4 is 27.3 Å². The molecule has 1 fully saturated rings. The van der Waals surface area contributed by atoms with E-state index in [9.17, 15) is 13.2 Å². The largest absolute Gasteiger partial charge is 0.352 e. The summed E-state index contributed by atoms with van der Waals surface area (Å²) in [5, 5.41) is 5.45. The monoisotopic (exact) mass is 365 g/mol. The minimum atomic E-state index is -3.62. The average Bonchev–Trinajstić information content (AvgIpc) is 3.31. The summed E-state index contributed by atoms with van der Waals surface area (Å²) in [6.07, 6.45) is 2.34. The molecule has 2 N–H and O–H groups in total. The number of nitrogens with one attached hydrogen (secondary N) is 2. The van der Waals surface area contributed by atoms with Gasteiger partial charge in [0, 0.05) is 23.2 Å². The van der Waals surface area contributed by atoms with Gasteiger partial charge in [-0.05, 0) is 49.9 Å². The third kappa shape index (κ3) is 4.40. The van der Waals surface area contributed by atoms with E-state index in [-0.39, 0.29) is 17.3 Å². The molecule has 0 bridgehead atoms. The summed E-state index contributed by atoms with van der Waals surface area (Å²) in [6, 6.07) is 5.96. The molecule has 0 atom stereocenters. The lowest BCUT2D eigenvalue weighted by molar-refractivity contribution is 0.0951. The predicted octanol–water partition coefficient (Wildman–Crippen LogP) is 2.07. The summed E-state index contributed by atoms with van der Waals surface area (Å²) in [6.45, 7) is 2.71. The quantitative estimate of drug-likeness (QED) is 0.786. The van der Waals surface area contributed by atoms with Gasteiger partial charge >= 0.3 is 0 Å². The van der Waals surface area contributed by atoms with Crippen LogP contribution in [0.3, 0.4) is 0 Å². The molecule has 1 aliphatic carbocycles. The van der Waals surface area contributed by atoms with Gasteiger partial charge in [-0.25, -0.2) is 18.1 Å². The number of amides is 1. The molecule has 0 saturated heterocycles. The first-order chi connectivity index (χ1) is 11.4. The maximum Gasteiger partial charge on any atom is 0.251 e. The van der Waals surface area contributed by atoms with Crippen molar-refractivity contribution in [2.45, 2.75) is 31.2 Å². The molecule has 0 radical (unpaired) electrons. The first-order valence-corrected chi connectivity index (χ1v) is 10.1. The van der Waals surface area contributed by atoms with E-state index < -0.39 is 10.0 Å². The van der Waals surface area contributed by atoms with Crippen molar-refractivity contribution in [3.05, 3.63) is 45.9 Å². The fourth-order valence-electron chi connectivity index (χ4n) is 2.17. The van der Waals surface area contributed by atoms with E-state index in [4.69, 9.17) is 0 Å². The molecule has 1 aromatic heterocycles. The van der Waals surface area contributed by atoms with Crippen LogP contribution in [0.25, 0.3) is 0 Å². The SMILES string of the molecule is Cc1csc(CNS(=O)(=O)c2ccc(C(=O)NCC3CC3)cc2)n1. The zero-order chi connectivity index (χ0) is 17.2. The number of nitrogens with zero attached hydrogens (tertiary/aromatic N) is 1. The number of aromatic nitrogens is 1. The summed E-state index contributed by atoms with van der Waals surface area (Å²) >= 11 is 1.41. The molecule has 128 valence electrons. The Morgan fingerprint density at radius 2 is 2.00 bits per heavy atom. The molecule has 2 aromatic rings. The van der Waals surface area contributed by atoms with Crippen molar-refractivity contribution in [1.29, 1.82) is 0 Å². The summed E-state index contributed by atoms with van der Waals surface area (Å²) in [4.78, 5) is 16.3. The molecule has 1 aromatic carbocycles. The Morgan fingerprint density at radius 3 is 2.58 bits per heavy atom. The molecule has 0 unspecified atom stereocenters. The van der Waals surface area contributed by atoms with E-state index in [1.807, 2.05) is 12.3 Å². The van der Waals surface area contributed by atoms with Crippen LogP contribution in [0.2, 0.25) is 0 Å². The minimum absolute atomic E-state index is 0.134. The molecule has 1 saturated carbocycles. The second kappa shape index (κ2) is 7.00. The Balaban J connectivity index is 1.61. The van der Waals surface area contributed by atoms with Crippen molar-refractivity contribution in [2.24, 2.45) is 5.92 Å². The molecular weight excluding hydrogens is 346 g/mol. The molecule has 1 aliphatic rings. The summed E-state index contributed by atoms with van der Waals surface area (Å²) in [7, 11) is -3.62. The van der Waals surface area contributed by atoms with Gasteiger partial charge in [0.15, 0.2) is 0 Å². The molecule has 6 nitrogen and oxygen atoms in total. The van der Waals surface area contributed by atoms with Crippen LogP contribution >= 0.6 is 11.3 Å². The number of carbonyl (C=O) groups excluding carboxylic acids is 1. The normalized spacial score (nSPS) is 14.5. The van der Waals surface area contributed by atoms with Crippen LogP contribution in [0, 0.1) is 12.8 Å². The maximum absolute atomic E-state index is 12.3. The van der Waals surface area contributed by atoms with Gasteiger partial charge in [-0.15, -0.1) is 11.3 Å². The third-order valence-electron chi connectivity index (χ3n) is 3.76. The van der Waals surface area contributed by atoms with Crippen LogP contribution in [0.1, 0.15) is 33.9 Å². The second-order valence-electron chi connectivity index (χ2n) is 5.88. The van der Waals surface area contributed by atoms with Crippen molar-refractivity contribution in [3.63, 3.8) is 0 Å². The molecular formula is C16H19N3O3S2. The average molecular weight is 365 g/mol. The van der Waals surface area contributed by atoms with E-state index in [0.29, 0.717) is 23.0 Å². The predicted molar refractivity (Wildman–Crippen MR) is 92.4 cm³/mol. The van der Waals surface area contributed by atoms with E-state index in [2.05, 4.69) is 15.0 Å². The zero-order valence-electron chi connectivity index (χ0n) is 13.3. The standard InChI is InChI=1S/C16H19N3O3S2/c1-11-10-23-15(19-11)9-18-24(21,22)14-6-4-13(5-7-14)16(20)17-8-12-2-3-12/h4-7,10,12,18H,2-3,8-9H2,1H3,(H,17,20). The van der Waals surface area contributed by atoms with Crippen molar-refractivity contribution in [1.82, 2.24) is 15.0 Å². The Hall–Kier alpha value is -1.77. The van der Waals surface area contributed by atoms with Crippen molar-refractivity contribution in [3.8, 4) is 0 Å². The number of aryl methyl sites for hydroxylation is 1. The highest BCUT2D eigenvalue weighted by Gasteiger charge is 2.22. The van der Waals surface area contributed by atoms with Crippen LogP contribution in [0.15, 0.2) is 34.5 Å². The number of carbonyl (C=O) groups is 1. The highest BCUT2D eigenvalue weighted by Crippen LogP contribution is 2.27. The summed E-state index contributed by atoms with van der Waals surface area (Å²) < 4.78 is 27.1. The van der Waals surface area contributed by atoms with Crippen LogP contribution < -0.4 is 10.0 Å². The van der Waals surface area contributed by atoms with Gasteiger partial charge in [0.2, 0.25) is 10.0 Å². The summed E-state index contributed by atoms with van der Waals surface area (Å²) in [5.41, 5.74) is 1.33. The molecule has 8 heteroatoms. The van der Waals surface area contributed by atoms with Gasteiger partial charge in [-0.2, -0.15) is 0 Å². The fourth-order valence-corrected chi connectivity index (χ4v) is 3.96. The first-order valence-electron chi connectivity index (χ1n) is 7.73. The van der Waals surface area contributed by atoms with Crippen LogP contribution in [0.4, 0.5) is 0 Å². The number of sulfonamides is 1. The lowest BCUT2D eigenvalue weighted by Gasteiger charge is -2.07. The Morgan fingerprint density at radius 1 is 1.29 bits per heavy atom. The molecule has 3 rings (SSSR count). The van der Waals surface area contributed by atoms with Crippen LogP contribution in [-0.2, 0) is 16.6 Å². The van der Waals surface area contributed by atoms with E-state index >= 15 is 0 Å². The summed E-state index contributed by atoms with van der Waals surface area (Å²) in [5.74, 6) is 0.435.